The molecule has 0 saturated carbocycles. The van der Waals surface area contributed by atoms with Crippen molar-refractivity contribution in [3.8, 4) is 0 Å². The Kier molecular flexibility index (Phi) is 11.2. The smallest absolute Gasteiger partial charge is 0.171 e. The predicted octanol–water partition coefficient (Wildman–Crippen LogP) is 6.30. The third-order valence-corrected chi connectivity index (χ3v) is 7.63. The maximum atomic E-state index is 5.94. The average Bonchev–Trinajstić information content (AvgIpc) is 3.36. The predicted molar refractivity (Wildman–Crippen MR) is 151 cm³/mol. The average molecular weight is 485 g/mol. The number of hydrogen-bond donors (Lipinski definition) is 1. The topological polar surface area (TPSA) is 30.9 Å². The molecule has 0 aliphatic carbocycles. The molecule has 2 aliphatic rings. The van der Waals surface area contributed by atoms with E-state index in [4.69, 9.17) is 17.2 Å². The summed E-state index contributed by atoms with van der Waals surface area (Å²) >= 11 is 5.94. The van der Waals surface area contributed by atoms with Gasteiger partial charge in [-0.25, -0.2) is 0 Å². The van der Waals surface area contributed by atoms with E-state index in [1.165, 1.54) is 56.3 Å². The number of thiocarbonyl (C=S) groups is 1. The maximum Gasteiger partial charge on any atom is 0.171 e. The summed E-state index contributed by atoms with van der Waals surface area (Å²) < 4.78 is 0. The highest BCUT2D eigenvalue weighted by molar-refractivity contribution is 7.80. The van der Waals surface area contributed by atoms with Crippen molar-refractivity contribution < 1.29 is 0 Å². The van der Waals surface area contributed by atoms with E-state index in [9.17, 15) is 0 Å². The largest absolute Gasteiger partial charge is 0.369 e. The van der Waals surface area contributed by atoms with Gasteiger partial charge in [-0.05, 0) is 81.0 Å². The highest BCUT2D eigenvalue weighted by Crippen LogP contribution is 2.24. The number of nitrogens with one attached hydrogen (secondary N) is 1. The van der Waals surface area contributed by atoms with E-state index < -0.39 is 0 Å². The molecule has 2 aliphatic heterocycles. The summed E-state index contributed by atoms with van der Waals surface area (Å²) in [7, 11) is 0. The molecular weight excluding hydrogens is 436 g/mol. The lowest BCUT2D eigenvalue weighted by Crippen LogP contribution is -2.36. The number of amidine groups is 1. The summed E-state index contributed by atoms with van der Waals surface area (Å²) in [5.41, 5.74) is 1.42. The number of aryl methyl sites for hydroxylation is 1. The van der Waals surface area contributed by atoms with Crippen LogP contribution in [0.25, 0.3) is 0 Å². The zero-order valence-corrected chi connectivity index (χ0v) is 23.0. The molecule has 34 heavy (non-hydrogen) atoms. The van der Waals surface area contributed by atoms with Crippen molar-refractivity contribution in [2.75, 3.05) is 26.2 Å². The molecule has 0 unspecified atom stereocenters. The van der Waals surface area contributed by atoms with Gasteiger partial charge in [-0.2, -0.15) is 0 Å². The fourth-order valence-electron chi connectivity index (χ4n) is 5.31. The van der Waals surface area contributed by atoms with Crippen LogP contribution in [0.2, 0.25) is 0 Å². The van der Waals surface area contributed by atoms with Gasteiger partial charge in [-0.15, -0.1) is 0 Å². The van der Waals surface area contributed by atoms with Gasteiger partial charge < -0.3 is 15.1 Å². The Bertz CT molecular complexity index is 761. The molecule has 3 rings (SSSR count). The van der Waals surface area contributed by atoms with Crippen LogP contribution in [0.15, 0.2) is 35.3 Å². The molecule has 2 heterocycles. The van der Waals surface area contributed by atoms with Crippen LogP contribution in [0.3, 0.4) is 0 Å². The summed E-state index contributed by atoms with van der Waals surface area (Å²) in [5.74, 6) is 2.71. The van der Waals surface area contributed by atoms with E-state index in [-0.39, 0.29) is 0 Å². The second kappa shape index (κ2) is 14.1. The van der Waals surface area contributed by atoms with Gasteiger partial charge in [0.25, 0.3) is 0 Å². The Morgan fingerprint density at radius 1 is 0.971 bits per heavy atom. The highest BCUT2D eigenvalue weighted by Gasteiger charge is 2.33. The van der Waals surface area contributed by atoms with Crippen LogP contribution in [-0.4, -0.2) is 59.0 Å². The first-order chi connectivity index (χ1) is 16.4. The summed E-state index contributed by atoms with van der Waals surface area (Å²) in [4.78, 5) is 9.81. The minimum absolute atomic E-state index is 0.526. The van der Waals surface area contributed by atoms with Gasteiger partial charge in [0, 0.05) is 38.1 Å². The normalized spacial score (nSPS) is 20.5. The van der Waals surface area contributed by atoms with Gasteiger partial charge in [-0.3, -0.25) is 4.99 Å². The zero-order valence-electron chi connectivity index (χ0n) is 22.1. The number of aliphatic imine (C=N–C) groups is 1. The van der Waals surface area contributed by atoms with Crippen molar-refractivity contribution in [2.24, 2.45) is 16.8 Å². The number of hydrogen-bond acceptors (Lipinski definition) is 3. The van der Waals surface area contributed by atoms with E-state index in [0.717, 1.165) is 56.0 Å². The van der Waals surface area contributed by atoms with Crippen LogP contribution in [0.1, 0.15) is 84.6 Å². The molecule has 0 radical (unpaired) electrons. The molecule has 5 heteroatoms. The summed E-state index contributed by atoms with van der Waals surface area (Å²) in [6.45, 7) is 13.6. The third-order valence-electron chi connectivity index (χ3n) is 7.14. The standard InChI is InChI=1S/C29H48N4S/c1-23(2)12-11-19-33-27(20-24(3)4)22-32(29(33)34)18-9-8-16-26-21-30-28(31-26)17-10-15-25-13-6-5-7-14-25/h5-7,13-14,23-24,26-27H,8-12,15-22H2,1-4H3,(H,30,31)/t26-,27+/m0/s1. The van der Waals surface area contributed by atoms with E-state index >= 15 is 0 Å². The quantitative estimate of drug-likeness (QED) is 0.234. The van der Waals surface area contributed by atoms with Gasteiger partial charge in [0.1, 0.15) is 0 Å². The lowest BCUT2D eigenvalue weighted by Gasteiger charge is -2.27. The van der Waals surface area contributed by atoms with Crippen LogP contribution in [0, 0.1) is 11.8 Å². The fourth-order valence-corrected chi connectivity index (χ4v) is 5.72. The Labute approximate surface area is 214 Å². The molecule has 0 aromatic heterocycles. The minimum Gasteiger partial charge on any atom is -0.369 e. The Hall–Kier alpha value is -1.62. The van der Waals surface area contributed by atoms with Crippen LogP contribution < -0.4 is 5.32 Å². The second-order valence-electron chi connectivity index (χ2n) is 11.2. The minimum atomic E-state index is 0.526. The van der Waals surface area contributed by atoms with Crippen molar-refractivity contribution in [1.29, 1.82) is 0 Å². The first-order valence-electron chi connectivity index (χ1n) is 13.8. The van der Waals surface area contributed by atoms with E-state index in [1.54, 1.807) is 0 Å². The Morgan fingerprint density at radius 2 is 1.76 bits per heavy atom. The molecule has 0 amide bonds. The molecule has 1 aromatic rings. The maximum absolute atomic E-state index is 5.94. The SMILES string of the molecule is CC(C)CCCN1C(=S)N(CCCC[C@H]2CN=C(CCCc3ccccc3)N2)C[C@H]1CC(C)C. The molecule has 2 atom stereocenters. The van der Waals surface area contributed by atoms with Crippen molar-refractivity contribution in [1.82, 2.24) is 15.1 Å². The van der Waals surface area contributed by atoms with Crippen LogP contribution in [0.4, 0.5) is 0 Å². The molecule has 1 aromatic carbocycles. The summed E-state index contributed by atoms with van der Waals surface area (Å²) in [6.07, 6.45) is 10.8. The van der Waals surface area contributed by atoms with Crippen LogP contribution >= 0.6 is 12.2 Å². The van der Waals surface area contributed by atoms with Crippen LogP contribution in [-0.2, 0) is 6.42 Å². The van der Waals surface area contributed by atoms with Crippen molar-refractivity contribution in [3.63, 3.8) is 0 Å². The molecule has 4 nitrogen and oxygen atoms in total. The fraction of sp³-hybridized carbons (Fsp3) is 0.724. The Balaban J connectivity index is 1.32. The van der Waals surface area contributed by atoms with Crippen molar-refractivity contribution in [2.45, 2.75) is 97.6 Å². The monoisotopic (exact) mass is 484 g/mol. The molecule has 1 fully saturated rings. The number of rotatable bonds is 15. The molecule has 0 bridgehead atoms. The Morgan fingerprint density at radius 3 is 2.50 bits per heavy atom. The van der Waals surface area contributed by atoms with Crippen LogP contribution in [0.5, 0.6) is 0 Å². The first-order valence-corrected chi connectivity index (χ1v) is 14.2. The number of benzene rings is 1. The molecular formula is C29H48N4S. The molecule has 190 valence electrons. The van der Waals surface area contributed by atoms with Gasteiger partial charge in [-0.1, -0.05) is 58.0 Å². The van der Waals surface area contributed by atoms with E-state index in [1.807, 2.05) is 0 Å². The summed E-state index contributed by atoms with van der Waals surface area (Å²) in [6, 6.07) is 11.9. The second-order valence-corrected chi connectivity index (χ2v) is 11.6. The van der Waals surface area contributed by atoms with E-state index in [0.29, 0.717) is 12.1 Å². The number of nitrogens with zero attached hydrogens (tertiary/aromatic N) is 3. The lowest BCUT2D eigenvalue weighted by atomic mass is 10.0. The van der Waals surface area contributed by atoms with Crippen molar-refractivity contribution >= 4 is 23.2 Å². The molecule has 1 saturated heterocycles. The van der Waals surface area contributed by atoms with Gasteiger partial charge in [0.2, 0.25) is 0 Å². The zero-order chi connectivity index (χ0) is 24.3. The number of unbranched alkanes of at least 4 members (excludes halogenated alkanes) is 1. The molecule has 0 spiro atoms. The summed E-state index contributed by atoms with van der Waals surface area (Å²) in [5, 5.41) is 4.79. The van der Waals surface area contributed by atoms with Crippen molar-refractivity contribution in [3.05, 3.63) is 35.9 Å². The van der Waals surface area contributed by atoms with Gasteiger partial charge >= 0.3 is 0 Å². The first kappa shape index (κ1) is 27.0. The van der Waals surface area contributed by atoms with Gasteiger partial charge in [0.15, 0.2) is 5.11 Å². The molecule has 1 N–H and O–H groups in total. The lowest BCUT2D eigenvalue weighted by molar-refractivity contribution is 0.288. The third kappa shape index (κ3) is 8.87. The van der Waals surface area contributed by atoms with E-state index in [2.05, 4.69) is 73.1 Å². The van der Waals surface area contributed by atoms with Gasteiger partial charge in [0.05, 0.1) is 12.4 Å². The highest BCUT2D eigenvalue weighted by atomic mass is 32.1.